The van der Waals surface area contributed by atoms with E-state index in [1.165, 1.54) is 0 Å². The number of alkyl halides is 8. The van der Waals surface area contributed by atoms with Gasteiger partial charge in [0.05, 0.1) is 0 Å². The van der Waals surface area contributed by atoms with Gasteiger partial charge in [0, 0.05) is 0 Å². The molecular formula is C5H4F8. The lowest BCUT2D eigenvalue weighted by Gasteiger charge is -2.22. The van der Waals surface area contributed by atoms with E-state index in [-0.39, 0.29) is 0 Å². The Balaban J connectivity index is 4.54. The molecule has 0 fully saturated rings. The molecule has 0 aromatic rings. The predicted molar refractivity (Wildman–Crippen MR) is 26.7 cm³/mol. The molecular weight excluding hydrogens is 212 g/mol. The highest BCUT2D eigenvalue weighted by atomic mass is 19.3. The first-order valence-corrected chi connectivity index (χ1v) is 2.93. The van der Waals surface area contributed by atoms with Gasteiger partial charge in [0.25, 0.3) is 12.9 Å². The van der Waals surface area contributed by atoms with Crippen molar-refractivity contribution in [2.24, 2.45) is 0 Å². The van der Waals surface area contributed by atoms with Crippen LogP contribution in [-0.4, -0.2) is 31.1 Å². The van der Waals surface area contributed by atoms with Crippen LogP contribution >= 0.6 is 0 Å². The summed E-state index contributed by atoms with van der Waals surface area (Å²) in [7, 11) is 0. The molecule has 0 bridgehead atoms. The minimum Gasteiger partial charge on any atom is -0.234 e. The summed E-state index contributed by atoms with van der Waals surface area (Å²) in [5.41, 5.74) is 0. The maximum atomic E-state index is 12.0. The normalized spacial score (nSPS) is 18.0. The molecule has 0 heterocycles. The fraction of sp³-hybridized carbons (Fsp3) is 1.00. The van der Waals surface area contributed by atoms with Crippen molar-refractivity contribution < 1.29 is 35.1 Å². The van der Waals surface area contributed by atoms with Crippen LogP contribution in [0.25, 0.3) is 0 Å². The molecule has 0 aromatic heterocycles. The van der Waals surface area contributed by atoms with Crippen LogP contribution in [0, 0.1) is 0 Å². The van der Waals surface area contributed by atoms with Gasteiger partial charge in [0.15, 0.2) is 0 Å². The molecule has 13 heavy (non-hydrogen) atoms. The number of halogens is 8. The lowest BCUT2D eigenvalue weighted by molar-refractivity contribution is -0.193. The van der Waals surface area contributed by atoms with Gasteiger partial charge < -0.3 is 0 Å². The summed E-state index contributed by atoms with van der Waals surface area (Å²) in [6, 6.07) is 0. The van der Waals surface area contributed by atoms with Crippen LogP contribution in [-0.2, 0) is 0 Å². The zero-order chi connectivity index (χ0) is 10.8. The first-order valence-electron chi connectivity index (χ1n) is 2.93. The quantitative estimate of drug-likeness (QED) is 0.634. The lowest BCUT2D eigenvalue weighted by atomic mass is 10.1. The molecule has 80 valence electrons. The Morgan fingerprint density at radius 1 is 0.615 bits per heavy atom. The van der Waals surface area contributed by atoms with Gasteiger partial charge >= 0.3 is 5.92 Å². The summed E-state index contributed by atoms with van der Waals surface area (Å²) in [6.07, 6.45) is -16.9. The van der Waals surface area contributed by atoms with Crippen LogP contribution in [0.2, 0.25) is 0 Å². The summed E-state index contributed by atoms with van der Waals surface area (Å²) < 4.78 is 92.8. The molecule has 0 saturated carbocycles. The van der Waals surface area contributed by atoms with E-state index < -0.39 is 31.1 Å². The van der Waals surface area contributed by atoms with E-state index in [2.05, 4.69) is 0 Å². The summed E-state index contributed by atoms with van der Waals surface area (Å²) in [4.78, 5) is 0. The van der Waals surface area contributed by atoms with Crippen LogP contribution in [0.1, 0.15) is 0 Å². The van der Waals surface area contributed by atoms with Gasteiger partial charge in [-0.05, 0) is 0 Å². The average Bonchev–Trinajstić information content (AvgIpc) is 2.01. The Hall–Kier alpha value is -0.560. The highest BCUT2D eigenvalue weighted by Gasteiger charge is 2.56. The average molecular weight is 216 g/mol. The second-order valence-electron chi connectivity index (χ2n) is 2.15. The van der Waals surface area contributed by atoms with E-state index in [0.717, 1.165) is 0 Å². The molecule has 0 aliphatic rings. The zero-order valence-electron chi connectivity index (χ0n) is 5.83. The van der Waals surface area contributed by atoms with E-state index >= 15 is 0 Å². The largest absolute Gasteiger partial charge is 0.320 e. The molecule has 0 radical (unpaired) electrons. The van der Waals surface area contributed by atoms with Gasteiger partial charge in [-0.25, -0.2) is 26.3 Å². The molecule has 0 aliphatic carbocycles. The molecule has 2 unspecified atom stereocenters. The second kappa shape index (κ2) is 4.10. The van der Waals surface area contributed by atoms with Crippen molar-refractivity contribution in [1.29, 1.82) is 0 Å². The molecule has 0 saturated heterocycles. The molecule has 2 atom stereocenters. The van der Waals surface area contributed by atoms with Crippen LogP contribution in [0.3, 0.4) is 0 Å². The fourth-order valence-electron chi connectivity index (χ4n) is 0.488. The molecule has 8 heteroatoms. The minimum absolute atomic E-state index is 4.20. The third kappa shape index (κ3) is 2.70. The lowest BCUT2D eigenvalue weighted by Crippen LogP contribution is -2.46. The molecule has 0 amide bonds. The zero-order valence-corrected chi connectivity index (χ0v) is 5.83. The van der Waals surface area contributed by atoms with Crippen LogP contribution in [0.5, 0.6) is 0 Å². The van der Waals surface area contributed by atoms with Crippen LogP contribution in [0.15, 0.2) is 0 Å². The monoisotopic (exact) mass is 216 g/mol. The maximum absolute atomic E-state index is 12.0. The van der Waals surface area contributed by atoms with Crippen molar-refractivity contribution in [2.75, 3.05) is 0 Å². The summed E-state index contributed by atoms with van der Waals surface area (Å²) in [5.74, 6) is -5.37. The smallest absolute Gasteiger partial charge is 0.234 e. The Morgan fingerprint density at radius 3 is 1.00 bits per heavy atom. The van der Waals surface area contributed by atoms with Crippen molar-refractivity contribution in [3.8, 4) is 0 Å². The Bertz CT molecular complexity index is 139. The Morgan fingerprint density at radius 2 is 0.846 bits per heavy atom. The van der Waals surface area contributed by atoms with Gasteiger partial charge in [0.1, 0.15) is 0 Å². The highest BCUT2D eigenvalue weighted by molar-refractivity contribution is 4.87. The van der Waals surface area contributed by atoms with E-state index in [1.807, 2.05) is 0 Å². The molecule has 0 aliphatic heterocycles. The SMILES string of the molecule is FC(F)C(F)C(F)(F)C(F)C(F)F. The molecule has 0 aromatic carbocycles. The molecule has 0 rings (SSSR count). The third-order valence-corrected chi connectivity index (χ3v) is 1.18. The summed E-state index contributed by atoms with van der Waals surface area (Å²) in [6.45, 7) is 0. The molecule has 0 spiro atoms. The van der Waals surface area contributed by atoms with Crippen molar-refractivity contribution in [2.45, 2.75) is 31.1 Å². The fourth-order valence-corrected chi connectivity index (χ4v) is 0.488. The van der Waals surface area contributed by atoms with Crippen LogP contribution in [0.4, 0.5) is 35.1 Å². The van der Waals surface area contributed by atoms with E-state index in [0.29, 0.717) is 0 Å². The topological polar surface area (TPSA) is 0 Å². The predicted octanol–water partition coefficient (Wildman–Crippen LogP) is 2.83. The first kappa shape index (κ1) is 12.4. The third-order valence-electron chi connectivity index (χ3n) is 1.18. The van der Waals surface area contributed by atoms with Gasteiger partial charge in [-0.2, -0.15) is 8.78 Å². The van der Waals surface area contributed by atoms with E-state index in [9.17, 15) is 35.1 Å². The van der Waals surface area contributed by atoms with E-state index in [4.69, 9.17) is 0 Å². The maximum Gasteiger partial charge on any atom is 0.320 e. The molecule has 0 nitrogen and oxygen atoms in total. The number of rotatable bonds is 4. The van der Waals surface area contributed by atoms with E-state index in [1.54, 1.807) is 0 Å². The molecule has 0 N–H and O–H groups in total. The van der Waals surface area contributed by atoms with Crippen molar-refractivity contribution in [3.63, 3.8) is 0 Å². The first-order chi connectivity index (χ1) is 5.71. The summed E-state index contributed by atoms with van der Waals surface area (Å²) in [5, 5.41) is 0. The highest BCUT2D eigenvalue weighted by Crippen LogP contribution is 2.34. The minimum atomic E-state index is -5.37. The van der Waals surface area contributed by atoms with Gasteiger partial charge in [-0.15, -0.1) is 0 Å². The van der Waals surface area contributed by atoms with Gasteiger partial charge in [-0.1, -0.05) is 0 Å². The van der Waals surface area contributed by atoms with Crippen LogP contribution < -0.4 is 0 Å². The van der Waals surface area contributed by atoms with Crippen molar-refractivity contribution in [3.05, 3.63) is 0 Å². The standard InChI is InChI=1S/C5H4F8/c6-1(3(8)9)5(12,13)2(7)4(10)11/h1-4H. The number of hydrogen-bond acceptors (Lipinski definition) is 0. The Kier molecular flexibility index (Phi) is 3.92. The number of hydrogen-bond donors (Lipinski definition) is 0. The second-order valence-corrected chi connectivity index (χ2v) is 2.15. The van der Waals surface area contributed by atoms with Gasteiger partial charge in [-0.3, -0.25) is 0 Å². The van der Waals surface area contributed by atoms with Crippen molar-refractivity contribution in [1.82, 2.24) is 0 Å². The Labute approximate surface area is 67.5 Å². The van der Waals surface area contributed by atoms with Crippen molar-refractivity contribution >= 4 is 0 Å². The van der Waals surface area contributed by atoms with Gasteiger partial charge in [0.2, 0.25) is 12.3 Å². The summed E-state index contributed by atoms with van der Waals surface area (Å²) >= 11 is 0.